The molecule has 1 saturated heterocycles. The van der Waals surface area contributed by atoms with Gasteiger partial charge < -0.3 is 15.7 Å². The van der Waals surface area contributed by atoms with E-state index in [1.807, 2.05) is 18.7 Å². The van der Waals surface area contributed by atoms with E-state index in [1.165, 1.54) is 0 Å². The number of nitrogens with one attached hydrogen (secondary N) is 2. The van der Waals surface area contributed by atoms with Crippen molar-refractivity contribution < 1.29 is 14.7 Å². The number of rotatable bonds is 5. The average Bonchev–Trinajstić information content (AvgIpc) is 2.29. The van der Waals surface area contributed by atoms with Gasteiger partial charge in [-0.2, -0.15) is 11.8 Å². The van der Waals surface area contributed by atoms with Crippen LogP contribution in [-0.2, 0) is 4.79 Å². The fourth-order valence-electron chi connectivity index (χ4n) is 1.79. The van der Waals surface area contributed by atoms with Gasteiger partial charge in [-0.3, -0.25) is 0 Å². The molecule has 0 radical (unpaired) electrons. The number of carbonyl (C=O) groups excluding carboxylic acids is 1. The maximum absolute atomic E-state index is 11.6. The Labute approximate surface area is 106 Å². The van der Waals surface area contributed by atoms with Gasteiger partial charge in [-0.25, -0.2) is 9.59 Å². The van der Waals surface area contributed by atoms with Crippen LogP contribution in [0.25, 0.3) is 0 Å². The van der Waals surface area contributed by atoms with Crippen molar-refractivity contribution in [3.8, 4) is 0 Å². The third-order valence-corrected chi connectivity index (χ3v) is 3.89. The van der Waals surface area contributed by atoms with Gasteiger partial charge in [0.25, 0.3) is 0 Å². The molecule has 1 rings (SSSR count). The first kappa shape index (κ1) is 14.2. The molecule has 0 spiro atoms. The van der Waals surface area contributed by atoms with Crippen molar-refractivity contribution in [1.82, 2.24) is 10.6 Å². The van der Waals surface area contributed by atoms with Gasteiger partial charge in [-0.05, 0) is 25.0 Å². The summed E-state index contributed by atoms with van der Waals surface area (Å²) in [5, 5.41) is 14.2. The SMILES string of the molecule is CCC[C@H](NC(=O)NC1CCCSC1)C(=O)O. The number of carboxylic acids is 1. The fourth-order valence-corrected chi connectivity index (χ4v) is 2.86. The molecule has 1 fully saturated rings. The molecule has 0 bridgehead atoms. The molecule has 0 aromatic heterocycles. The van der Waals surface area contributed by atoms with E-state index in [9.17, 15) is 9.59 Å². The number of carboxylic acid groups (broad SMARTS) is 1. The van der Waals surface area contributed by atoms with E-state index >= 15 is 0 Å². The Balaban J connectivity index is 2.33. The zero-order valence-electron chi connectivity index (χ0n) is 10.1. The van der Waals surface area contributed by atoms with Crippen LogP contribution in [0.3, 0.4) is 0 Å². The van der Waals surface area contributed by atoms with Crippen LogP contribution in [0.15, 0.2) is 0 Å². The lowest BCUT2D eigenvalue weighted by Crippen LogP contribution is -2.50. The van der Waals surface area contributed by atoms with Gasteiger partial charge in [-0.1, -0.05) is 13.3 Å². The summed E-state index contributed by atoms with van der Waals surface area (Å²) in [4.78, 5) is 22.5. The standard InChI is InChI=1S/C11H20N2O3S/c1-2-4-9(10(14)15)13-11(16)12-8-5-3-6-17-7-8/h8-9H,2-7H2,1H3,(H,14,15)(H2,12,13,16)/t8?,9-/m0/s1. The van der Waals surface area contributed by atoms with E-state index in [0.717, 1.165) is 30.8 Å². The maximum atomic E-state index is 11.6. The van der Waals surface area contributed by atoms with Crippen molar-refractivity contribution in [3.05, 3.63) is 0 Å². The zero-order chi connectivity index (χ0) is 12.7. The minimum Gasteiger partial charge on any atom is -0.480 e. The van der Waals surface area contributed by atoms with Gasteiger partial charge in [0.15, 0.2) is 0 Å². The second kappa shape index (κ2) is 7.42. The fraction of sp³-hybridized carbons (Fsp3) is 0.818. The van der Waals surface area contributed by atoms with Crippen molar-refractivity contribution in [1.29, 1.82) is 0 Å². The highest BCUT2D eigenvalue weighted by molar-refractivity contribution is 7.99. The molecule has 1 aliphatic rings. The van der Waals surface area contributed by atoms with Crippen molar-refractivity contribution in [2.45, 2.75) is 44.7 Å². The lowest BCUT2D eigenvalue weighted by molar-refractivity contribution is -0.139. The highest BCUT2D eigenvalue weighted by Crippen LogP contribution is 2.16. The van der Waals surface area contributed by atoms with Crippen LogP contribution >= 0.6 is 11.8 Å². The molecule has 0 aromatic carbocycles. The van der Waals surface area contributed by atoms with Crippen LogP contribution in [0, 0.1) is 0 Å². The topological polar surface area (TPSA) is 78.4 Å². The van der Waals surface area contributed by atoms with Crippen LogP contribution in [0.2, 0.25) is 0 Å². The second-order valence-corrected chi connectivity index (χ2v) is 5.36. The van der Waals surface area contributed by atoms with Crippen LogP contribution < -0.4 is 10.6 Å². The predicted octanol–water partition coefficient (Wildman–Crippen LogP) is 1.43. The molecule has 2 amide bonds. The summed E-state index contributed by atoms with van der Waals surface area (Å²) in [6, 6.07) is -0.973. The number of urea groups is 1. The molecule has 6 heteroatoms. The highest BCUT2D eigenvalue weighted by Gasteiger charge is 2.21. The zero-order valence-corrected chi connectivity index (χ0v) is 10.9. The van der Waals surface area contributed by atoms with Crippen LogP contribution in [0.1, 0.15) is 32.6 Å². The Kier molecular flexibility index (Phi) is 6.18. The Morgan fingerprint density at radius 2 is 2.29 bits per heavy atom. The summed E-state index contributed by atoms with van der Waals surface area (Å²) in [5.74, 6) is 1.09. The van der Waals surface area contributed by atoms with Crippen molar-refractivity contribution in [3.63, 3.8) is 0 Å². The Morgan fingerprint density at radius 1 is 1.53 bits per heavy atom. The van der Waals surface area contributed by atoms with E-state index < -0.39 is 12.0 Å². The first-order chi connectivity index (χ1) is 8.13. The summed E-state index contributed by atoms with van der Waals surface area (Å²) in [6.45, 7) is 1.90. The number of amides is 2. The van der Waals surface area contributed by atoms with E-state index in [1.54, 1.807) is 0 Å². The van der Waals surface area contributed by atoms with Gasteiger partial charge in [0.1, 0.15) is 6.04 Å². The van der Waals surface area contributed by atoms with Gasteiger partial charge in [-0.15, -0.1) is 0 Å². The highest BCUT2D eigenvalue weighted by atomic mass is 32.2. The molecule has 17 heavy (non-hydrogen) atoms. The quantitative estimate of drug-likeness (QED) is 0.699. The second-order valence-electron chi connectivity index (χ2n) is 4.21. The Morgan fingerprint density at radius 3 is 2.82 bits per heavy atom. The number of thioether (sulfide) groups is 1. The summed E-state index contributed by atoms with van der Waals surface area (Å²) < 4.78 is 0. The molecule has 0 aliphatic carbocycles. The minimum absolute atomic E-state index is 0.171. The third kappa shape index (κ3) is 5.30. The molecule has 0 aromatic rings. The molecule has 2 atom stereocenters. The van der Waals surface area contributed by atoms with Crippen molar-refractivity contribution >= 4 is 23.8 Å². The third-order valence-electron chi connectivity index (χ3n) is 2.68. The first-order valence-corrected chi connectivity index (χ1v) is 7.16. The molecule has 1 unspecified atom stereocenters. The van der Waals surface area contributed by atoms with Gasteiger partial charge in [0.05, 0.1) is 0 Å². The lowest BCUT2D eigenvalue weighted by atomic mass is 10.1. The molecule has 3 N–H and O–H groups in total. The number of aliphatic carboxylic acids is 1. The van der Waals surface area contributed by atoms with E-state index in [4.69, 9.17) is 5.11 Å². The summed E-state index contributed by atoms with van der Waals surface area (Å²) in [6.07, 6.45) is 3.28. The smallest absolute Gasteiger partial charge is 0.326 e. The van der Waals surface area contributed by atoms with E-state index in [-0.39, 0.29) is 12.1 Å². The molecular weight excluding hydrogens is 240 g/mol. The molecule has 1 heterocycles. The Hall–Kier alpha value is -0.910. The minimum atomic E-state index is -0.972. The van der Waals surface area contributed by atoms with Crippen LogP contribution in [-0.4, -0.2) is 40.7 Å². The largest absolute Gasteiger partial charge is 0.480 e. The van der Waals surface area contributed by atoms with Crippen LogP contribution in [0.5, 0.6) is 0 Å². The average molecular weight is 260 g/mol. The maximum Gasteiger partial charge on any atom is 0.326 e. The molecule has 98 valence electrons. The monoisotopic (exact) mass is 260 g/mol. The number of hydrogen-bond acceptors (Lipinski definition) is 3. The molecule has 5 nitrogen and oxygen atoms in total. The summed E-state index contributed by atoms with van der Waals surface area (Å²) in [7, 11) is 0. The predicted molar refractivity (Wildman–Crippen MR) is 68.3 cm³/mol. The van der Waals surface area contributed by atoms with E-state index in [0.29, 0.717) is 6.42 Å². The number of carbonyl (C=O) groups is 2. The lowest BCUT2D eigenvalue weighted by Gasteiger charge is -2.23. The van der Waals surface area contributed by atoms with E-state index in [2.05, 4.69) is 10.6 Å². The van der Waals surface area contributed by atoms with Gasteiger partial charge in [0, 0.05) is 11.8 Å². The van der Waals surface area contributed by atoms with Crippen LogP contribution in [0.4, 0.5) is 4.79 Å². The molecular formula is C11H20N2O3S. The molecule has 0 saturated carbocycles. The first-order valence-electron chi connectivity index (χ1n) is 6.01. The van der Waals surface area contributed by atoms with Gasteiger partial charge >= 0.3 is 12.0 Å². The van der Waals surface area contributed by atoms with Gasteiger partial charge in [0.2, 0.25) is 0 Å². The summed E-state index contributed by atoms with van der Waals surface area (Å²) >= 11 is 1.82. The van der Waals surface area contributed by atoms with Crippen molar-refractivity contribution in [2.75, 3.05) is 11.5 Å². The normalized spacial score (nSPS) is 21.6. The Bertz CT molecular complexity index is 267. The summed E-state index contributed by atoms with van der Waals surface area (Å²) in [5.41, 5.74) is 0. The molecule has 1 aliphatic heterocycles. The number of hydrogen-bond donors (Lipinski definition) is 3. The van der Waals surface area contributed by atoms with Crippen molar-refractivity contribution in [2.24, 2.45) is 0 Å².